The van der Waals surface area contributed by atoms with Gasteiger partial charge in [-0.3, -0.25) is 0 Å². The first-order valence-electron chi connectivity index (χ1n) is 8.77. The van der Waals surface area contributed by atoms with Crippen molar-refractivity contribution in [3.8, 4) is 11.8 Å². The number of aliphatic imine (C=N–C) groups is 1. The molecule has 7 heteroatoms. The maximum atomic E-state index is 12.5. The van der Waals surface area contributed by atoms with Crippen molar-refractivity contribution in [2.75, 3.05) is 13.1 Å². The van der Waals surface area contributed by atoms with Gasteiger partial charge in [-0.05, 0) is 56.9 Å². The number of hydrogen-bond donors (Lipinski definition) is 3. The summed E-state index contributed by atoms with van der Waals surface area (Å²) in [5, 5.41) is 16.0. The number of alkyl halides is 3. The van der Waals surface area contributed by atoms with Crippen LogP contribution in [0.15, 0.2) is 29.3 Å². The molecule has 0 amide bonds. The Balaban J connectivity index is 1.90. The summed E-state index contributed by atoms with van der Waals surface area (Å²) in [7, 11) is 0. The summed E-state index contributed by atoms with van der Waals surface area (Å²) < 4.78 is 37.6. The molecule has 1 aliphatic rings. The molecule has 0 unspecified atom stereocenters. The van der Waals surface area contributed by atoms with Crippen LogP contribution in [0.2, 0.25) is 0 Å². The summed E-state index contributed by atoms with van der Waals surface area (Å²) in [6.07, 6.45) is -1.19. The van der Waals surface area contributed by atoms with E-state index in [2.05, 4.69) is 27.5 Å². The third kappa shape index (κ3) is 6.60. The Hall–Kier alpha value is -2.20. The first kappa shape index (κ1) is 20.1. The zero-order valence-corrected chi connectivity index (χ0v) is 14.7. The molecule has 4 nitrogen and oxygen atoms in total. The number of hydrogen-bond acceptors (Lipinski definition) is 2. The van der Waals surface area contributed by atoms with Crippen LogP contribution in [0.5, 0.6) is 0 Å². The Morgan fingerprint density at radius 2 is 1.85 bits per heavy atom. The van der Waals surface area contributed by atoms with Crippen molar-refractivity contribution in [2.24, 2.45) is 4.99 Å². The molecule has 0 radical (unpaired) electrons. The van der Waals surface area contributed by atoms with E-state index in [4.69, 9.17) is 0 Å². The van der Waals surface area contributed by atoms with Crippen LogP contribution in [0.1, 0.15) is 43.7 Å². The minimum atomic E-state index is -4.34. The smallest absolute Gasteiger partial charge is 0.393 e. The molecule has 0 aliphatic heterocycles. The number of nitrogens with zero attached hydrogens (tertiary/aromatic N) is 1. The van der Waals surface area contributed by atoms with Crippen LogP contribution in [0.3, 0.4) is 0 Å². The largest absolute Gasteiger partial charge is 0.416 e. The number of halogens is 3. The summed E-state index contributed by atoms with van der Waals surface area (Å²) in [5.41, 5.74) is -0.162. The third-order valence-electron chi connectivity index (χ3n) is 4.14. The van der Waals surface area contributed by atoms with Gasteiger partial charge in [0.2, 0.25) is 0 Å². The van der Waals surface area contributed by atoms with Gasteiger partial charge in [-0.1, -0.05) is 11.8 Å². The lowest BCUT2D eigenvalue weighted by molar-refractivity contribution is -0.137. The molecule has 0 bridgehead atoms. The fraction of sp³-hybridized carbons (Fsp3) is 0.526. The highest BCUT2D eigenvalue weighted by molar-refractivity contribution is 5.80. The van der Waals surface area contributed by atoms with Gasteiger partial charge < -0.3 is 15.7 Å². The lowest BCUT2D eigenvalue weighted by atomic mass is 9.93. The Morgan fingerprint density at radius 1 is 1.19 bits per heavy atom. The molecule has 0 atom stereocenters. The molecule has 3 N–H and O–H groups in total. The summed E-state index contributed by atoms with van der Waals surface area (Å²) in [5.74, 6) is 6.33. The number of benzene rings is 1. The summed E-state index contributed by atoms with van der Waals surface area (Å²) in [6, 6.07) is 5.04. The molecular formula is C19H24F3N3O. The van der Waals surface area contributed by atoms with Crippen LogP contribution < -0.4 is 10.6 Å². The predicted molar refractivity (Wildman–Crippen MR) is 95.7 cm³/mol. The molecule has 1 aromatic rings. The van der Waals surface area contributed by atoms with Gasteiger partial charge in [0.15, 0.2) is 5.96 Å². The standard InChI is InChI=1S/C19H24F3N3O/c1-2-23-18(25-16-9-11-17(26)12-10-16)24-13-3-4-14-5-7-15(8-6-14)19(20,21)22/h5-8,16-17,26H,2,9-13H2,1H3,(H2,23,24,25). The van der Waals surface area contributed by atoms with Crippen LogP contribution in [0, 0.1) is 11.8 Å². The lowest BCUT2D eigenvalue weighted by Crippen LogP contribution is -2.45. The molecule has 0 aromatic heterocycles. The van der Waals surface area contributed by atoms with E-state index in [-0.39, 0.29) is 18.7 Å². The van der Waals surface area contributed by atoms with Gasteiger partial charge in [0, 0.05) is 18.2 Å². The third-order valence-corrected chi connectivity index (χ3v) is 4.14. The van der Waals surface area contributed by atoms with E-state index in [1.54, 1.807) is 0 Å². The van der Waals surface area contributed by atoms with E-state index in [1.165, 1.54) is 12.1 Å². The van der Waals surface area contributed by atoms with Crippen molar-refractivity contribution in [2.45, 2.75) is 50.9 Å². The van der Waals surface area contributed by atoms with Crippen molar-refractivity contribution < 1.29 is 18.3 Å². The van der Waals surface area contributed by atoms with E-state index < -0.39 is 11.7 Å². The van der Waals surface area contributed by atoms with Gasteiger partial charge in [-0.25, -0.2) is 4.99 Å². The van der Waals surface area contributed by atoms with Gasteiger partial charge in [-0.2, -0.15) is 13.2 Å². The highest BCUT2D eigenvalue weighted by Crippen LogP contribution is 2.28. The zero-order valence-electron chi connectivity index (χ0n) is 14.7. The molecule has 1 saturated carbocycles. The molecule has 0 saturated heterocycles. The first-order chi connectivity index (χ1) is 12.4. The fourth-order valence-corrected chi connectivity index (χ4v) is 2.74. The molecule has 1 aliphatic carbocycles. The van der Waals surface area contributed by atoms with Crippen LogP contribution in [-0.2, 0) is 6.18 Å². The molecule has 142 valence electrons. The SMILES string of the molecule is CCNC(=NCC#Cc1ccc(C(F)(F)F)cc1)NC1CCC(O)CC1. The molecule has 0 spiro atoms. The molecule has 1 aromatic carbocycles. The average Bonchev–Trinajstić information content (AvgIpc) is 2.60. The van der Waals surface area contributed by atoms with Crippen LogP contribution in [0.25, 0.3) is 0 Å². The fourth-order valence-electron chi connectivity index (χ4n) is 2.74. The highest BCUT2D eigenvalue weighted by atomic mass is 19.4. The number of nitrogens with one attached hydrogen (secondary N) is 2. The van der Waals surface area contributed by atoms with Gasteiger partial charge >= 0.3 is 6.18 Å². The van der Waals surface area contributed by atoms with Crippen LogP contribution in [0.4, 0.5) is 13.2 Å². The molecule has 2 rings (SSSR count). The Kier molecular flexibility index (Phi) is 7.34. The maximum Gasteiger partial charge on any atom is 0.416 e. The van der Waals surface area contributed by atoms with E-state index >= 15 is 0 Å². The van der Waals surface area contributed by atoms with Crippen LogP contribution >= 0.6 is 0 Å². The van der Waals surface area contributed by atoms with Crippen molar-refractivity contribution in [3.05, 3.63) is 35.4 Å². The lowest BCUT2D eigenvalue weighted by Gasteiger charge is -2.27. The number of guanidine groups is 1. The summed E-state index contributed by atoms with van der Waals surface area (Å²) >= 11 is 0. The minimum Gasteiger partial charge on any atom is -0.393 e. The highest BCUT2D eigenvalue weighted by Gasteiger charge is 2.29. The first-order valence-corrected chi connectivity index (χ1v) is 8.77. The van der Waals surface area contributed by atoms with Gasteiger partial charge in [0.1, 0.15) is 6.54 Å². The van der Waals surface area contributed by atoms with Gasteiger partial charge in [0.05, 0.1) is 11.7 Å². The normalized spacial score (nSPS) is 20.9. The van der Waals surface area contributed by atoms with Crippen LogP contribution in [-0.4, -0.2) is 36.3 Å². The Bertz CT molecular complexity index is 651. The van der Waals surface area contributed by atoms with E-state index in [0.717, 1.165) is 37.8 Å². The number of aliphatic hydroxyl groups excluding tert-OH is 1. The summed E-state index contributed by atoms with van der Waals surface area (Å²) in [4.78, 5) is 4.38. The second kappa shape index (κ2) is 9.48. The molecule has 0 heterocycles. The van der Waals surface area contributed by atoms with Gasteiger partial charge in [0.25, 0.3) is 0 Å². The van der Waals surface area contributed by atoms with E-state index in [9.17, 15) is 18.3 Å². The van der Waals surface area contributed by atoms with Crippen molar-refractivity contribution in [1.82, 2.24) is 10.6 Å². The van der Waals surface area contributed by atoms with E-state index in [1.807, 2.05) is 6.92 Å². The number of rotatable bonds is 3. The van der Waals surface area contributed by atoms with Gasteiger partial charge in [-0.15, -0.1) is 0 Å². The second-order valence-corrected chi connectivity index (χ2v) is 6.22. The number of aliphatic hydroxyl groups is 1. The predicted octanol–water partition coefficient (Wildman–Crippen LogP) is 2.92. The Morgan fingerprint density at radius 3 is 2.42 bits per heavy atom. The van der Waals surface area contributed by atoms with Crippen molar-refractivity contribution in [1.29, 1.82) is 0 Å². The van der Waals surface area contributed by atoms with Crippen molar-refractivity contribution >= 4 is 5.96 Å². The maximum absolute atomic E-state index is 12.5. The monoisotopic (exact) mass is 367 g/mol. The molecule has 1 fully saturated rings. The van der Waals surface area contributed by atoms with Crippen molar-refractivity contribution in [3.63, 3.8) is 0 Å². The minimum absolute atomic E-state index is 0.206. The summed E-state index contributed by atoms with van der Waals surface area (Å²) in [6.45, 7) is 2.93. The quantitative estimate of drug-likeness (QED) is 0.437. The molecule has 26 heavy (non-hydrogen) atoms. The van der Waals surface area contributed by atoms with E-state index in [0.29, 0.717) is 18.1 Å². The average molecular weight is 367 g/mol. The second-order valence-electron chi connectivity index (χ2n) is 6.22. The molecular weight excluding hydrogens is 343 g/mol. The topological polar surface area (TPSA) is 56.7 Å². The zero-order chi connectivity index (χ0) is 19.0. The Labute approximate surface area is 151 Å².